The fraction of sp³-hybridized carbons (Fsp3) is 0.611. The fourth-order valence-corrected chi connectivity index (χ4v) is 3.71. The van der Waals surface area contributed by atoms with Gasteiger partial charge in [-0.3, -0.25) is 4.79 Å². The minimum absolute atomic E-state index is 0.0146. The SMILES string of the molecule is CN1CCC(OC(=O)C2(c3ccccc3)CCCC2)CC1. The summed E-state index contributed by atoms with van der Waals surface area (Å²) in [6.45, 7) is 2.05. The second-order valence-electron chi connectivity index (χ2n) is 6.56. The zero-order valence-electron chi connectivity index (χ0n) is 12.9. The minimum Gasteiger partial charge on any atom is -0.462 e. The third-order valence-electron chi connectivity index (χ3n) is 5.11. The van der Waals surface area contributed by atoms with Crippen molar-refractivity contribution in [3.63, 3.8) is 0 Å². The molecule has 0 unspecified atom stereocenters. The Bertz CT molecular complexity index is 471. The summed E-state index contributed by atoms with van der Waals surface area (Å²) in [7, 11) is 2.13. The molecular weight excluding hydrogens is 262 g/mol. The average molecular weight is 287 g/mol. The van der Waals surface area contributed by atoms with E-state index in [1.807, 2.05) is 18.2 Å². The molecule has 0 amide bonds. The van der Waals surface area contributed by atoms with Gasteiger partial charge < -0.3 is 9.64 Å². The number of likely N-dealkylation sites (tertiary alicyclic amines) is 1. The predicted molar refractivity (Wildman–Crippen MR) is 83.2 cm³/mol. The highest BCUT2D eigenvalue weighted by Gasteiger charge is 2.44. The van der Waals surface area contributed by atoms with Crippen molar-refractivity contribution in [2.24, 2.45) is 0 Å². The zero-order chi connectivity index (χ0) is 14.7. The Morgan fingerprint density at radius 1 is 1.14 bits per heavy atom. The topological polar surface area (TPSA) is 29.5 Å². The van der Waals surface area contributed by atoms with E-state index in [2.05, 4.69) is 24.1 Å². The van der Waals surface area contributed by atoms with Crippen LogP contribution in [0.15, 0.2) is 30.3 Å². The van der Waals surface area contributed by atoms with E-state index in [-0.39, 0.29) is 17.5 Å². The fourth-order valence-electron chi connectivity index (χ4n) is 3.71. The van der Waals surface area contributed by atoms with Crippen molar-refractivity contribution in [2.75, 3.05) is 20.1 Å². The predicted octanol–water partition coefficient (Wildman–Crippen LogP) is 3.14. The van der Waals surface area contributed by atoms with Crippen LogP contribution in [-0.2, 0) is 14.9 Å². The number of carbonyl (C=O) groups excluding carboxylic acids is 1. The standard InChI is InChI=1S/C18H25NO2/c1-19-13-9-16(10-14-19)21-17(20)18(11-5-6-12-18)15-7-3-2-4-8-15/h2-4,7-8,16H,5-6,9-14H2,1H3. The molecule has 1 aromatic rings. The Labute approximate surface area is 127 Å². The minimum atomic E-state index is -0.384. The molecule has 2 fully saturated rings. The first-order chi connectivity index (χ1) is 10.2. The van der Waals surface area contributed by atoms with Crippen molar-refractivity contribution in [3.05, 3.63) is 35.9 Å². The van der Waals surface area contributed by atoms with E-state index < -0.39 is 0 Å². The van der Waals surface area contributed by atoms with Gasteiger partial charge in [0.15, 0.2) is 0 Å². The van der Waals surface area contributed by atoms with Crippen molar-refractivity contribution in [2.45, 2.75) is 50.0 Å². The van der Waals surface area contributed by atoms with Crippen LogP contribution >= 0.6 is 0 Å². The monoisotopic (exact) mass is 287 g/mol. The van der Waals surface area contributed by atoms with Gasteiger partial charge in [-0.15, -0.1) is 0 Å². The van der Waals surface area contributed by atoms with Gasteiger partial charge in [0.25, 0.3) is 0 Å². The number of hydrogen-bond donors (Lipinski definition) is 0. The van der Waals surface area contributed by atoms with Crippen molar-refractivity contribution >= 4 is 5.97 Å². The van der Waals surface area contributed by atoms with Crippen LogP contribution in [0.3, 0.4) is 0 Å². The van der Waals surface area contributed by atoms with E-state index in [1.165, 1.54) is 0 Å². The molecule has 1 aliphatic carbocycles. The molecule has 0 aromatic heterocycles. The second kappa shape index (κ2) is 6.18. The molecular formula is C18H25NO2. The first-order valence-electron chi connectivity index (χ1n) is 8.16. The number of rotatable bonds is 3. The van der Waals surface area contributed by atoms with E-state index in [0.717, 1.165) is 57.2 Å². The van der Waals surface area contributed by atoms with Gasteiger partial charge >= 0.3 is 5.97 Å². The van der Waals surface area contributed by atoms with Gasteiger partial charge in [0.1, 0.15) is 6.10 Å². The molecule has 0 bridgehead atoms. The lowest BCUT2D eigenvalue weighted by Gasteiger charge is -2.33. The molecule has 0 atom stereocenters. The first-order valence-corrected chi connectivity index (χ1v) is 8.16. The maximum Gasteiger partial charge on any atom is 0.316 e. The molecule has 1 heterocycles. The highest BCUT2D eigenvalue weighted by molar-refractivity contribution is 5.83. The summed E-state index contributed by atoms with van der Waals surface area (Å²) in [5, 5.41) is 0. The lowest BCUT2D eigenvalue weighted by atomic mass is 9.79. The van der Waals surface area contributed by atoms with Gasteiger partial charge in [-0.05, 0) is 38.3 Å². The molecule has 0 spiro atoms. The van der Waals surface area contributed by atoms with Crippen LogP contribution in [0.5, 0.6) is 0 Å². The van der Waals surface area contributed by atoms with E-state index in [4.69, 9.17) is 4.74 Å². The Kier molecular flexibility index (Phi) is 4.29. The molecule has 3 rings (SSSR count). The van der Waals surface area contributed by atoms with Gasteiger partial charge in [0.2, 0.25) is 0 Å². The molecule has 1 aliphatic heterocycles. The number of hydrogen-bond acceptors (Lipinski definition) is 3. The van der Waals surface area contributed by atoms with Crippen LogP contribution in [0.25, 0.3) is 0 Å². The van der Waals surface area contributed by atoms with E-state index in [0.29, 0.717) is 0 Å². The van der Waals surface area contributed by atoms with Crippen LogP contribution in [0.4, 0.5) is 0 Å². The van der Waals surface area contributed by atoms with Crippen molar-refractivity contribution in [1.82, 2.24) is 4.90 Å². The maximum absolute atomic E-state index is 12.9. The summed E-state index contributed by atoms with van der Waals surface area (Å²) < 4.78 is 5.92. The summed E-state index contributed by atoms with van der Waals surface area (Å²) in [6.07, 6.45) is 6.15. The Morgan fingerprint density at radius 3 is 2.38 bits per heavy atom. The number of benzene rings is 1. The Hall–Kier alpha value is -1.35. The molecule has 21 heavy (non-hydrogen) atoms. The van der Waals surface area contributed by atoms with E-state index in [1.54, 1.807) is 0 Å². The van der Waals surface area contributed by atoms with Crippen LogP contribution in [-0.4, -0.2) is 37.1 Å². The van der Waals surface area contributed by atoms with Gasteiger partial charge in [-0.1, -0.05) is 43.2 Å². The molecule has 1 aromatic carbocycles. The van der Waals surface area contributed by atoms with Gasteiger partial charge in [0.05, 0.1) is 5.41 Å². The first kappa shape index (κ1) is 14.6. The molecule has 3 nitrogen and oxygen atoms in total. The number of carbonyl (C=O) groups is 1. The van der Waals surface area contributed by atoms with E-state index in [9.17, 15) is 4.79 Å². The largest absolute Gasteiger partial charge is 0.462 e. The van der Waals surface area contributed by atoms with Crippen molar-refractivity contribution in [1.29, 1.82) is 0 Å². The van der Waals surface area contributed by atoms with Crippen molar-refractivity contribution < 1.29 is 9.53 Å². The lowest BCUT2D eigenvalue weighted by Crippen LogP contribution is -2.41. The molecule has 3 heteroatoms. The van der Waals surface area contributed by atoms with Crippen LogP contribution < -0.4 is 0 Å². The molecule has 0 N–H and O–H groups in total. The Balaban J connectivity index is 1.74. The molecule has 1 saturated carbocycles. The summed E-state index contributed by atoms with van der Waals surface area (Å²) in [6, 6.07) is 10.2. The normalized spacial score (nSPS) is 23.1. The van der Waals surface area contributed by atoms with E-state index >= 15 is 0 Å². The smallest absolute Gasteiger partial charge is 0.316 e. The van der Waals surface area contributed by atoms with Gasteiger partial charge in [-0.25, -0.2) is 0 Å². The molecule has 114 valence electrons. The second-order valence-corrected chi connectivity index (χ2v) is 6.56. The third-order valence-corrected chi connectivity index (χ3v) is 5.11. The van der Waals surface area contributed by atoms with Crippen molar-refractivity contribution in [3.8, 4) is 0 Å². The zero-order valence-corrected chi connectivity index (χ0v) is 12.9. The summed E-state index contributed by atoms with van der Waals surface area (Å²) >= 11 is 0. The number of piperidine rings is 1. The summed E-state index contributed by atoms with van der Waals surface area (Å²) in [5.41, 5.74) is 0.755. The summed E-state index contributed by atoms with van der Waals surface area (Å²) in [5.74, 6) is 0.0146. The Morgan fingerprint density at radius 2 is 1.76 bits per heavy atom. The quantitative estimate of drug-likeness (QED) is 0.800. The number of nitrogens with zero attached hydrogens (tertiary/aromatic N) is 1. The highest BCUT2D eigenvalue weighted by atomic mass is 16.5. The lowest BCUT2D eigenvalue weighted by molar-refractivity contribution is -0.158. The molecule has 1 saturated heterocycles. The van der Waals surface area contributed by atoms with Gasteiger partial charge in [-0.2, -0.15) is 0 Å². The maximum atomic E-state index is 12.9. The number of ether oxygens (including phenoxy) is 1. The molecule has 2 aliphatic rings. The van der Waals surface area contributed by atoms with Crippen LogP contribution in [0.2, 0.25) is 0 Å². The third kappa shape index (κ3) is 2.98. The van der Waals surface area contributed by atoms with Gasteiger partial charge in [0, 0.05) is 13.1 Å². The van der Waals surface area contributed by atoms with Crippen LogP contribution in [0, 0.1) is 0 Å². The summed E-state index contributed by atoms with van der Waals surface area (Å²) in [4.78, 5) is 15.2. The average Bonchev–Trinajstić information content (AvgIpc) is 3.01. The molecule has 0 radical (unpaired) electrons. The highest BCUT2D eigenvalue weighted by Crippen LogP contribution is 2.42. The number of esters is 1. The van der Waals surface area contributed by atoms with Crippen LogP contribution in [0.1, 0.15) is 44.1 Å².